The summed E-state index contributed by atoms with van der Waals surface area (Å²) in [7, 11) is 0. The number of rotatable bonds is 10. The molecule has 5 atom stereocenters. The Morgan fingerprint density at radius 1 is 0.902 bits per heavy atom. The van der Waals surface area contributed by atoms with Gasteiger partial charge in [-0.25, -0.2) is 14.5 Å². The van der Waals surface area contributed by atoms with Crippen LogP contribution in [0.2, 0.25) is 0 Å². The molecule has 5 aliphatic heterocycles. The number of β-lactam (4-membered cyclic amide) rings is 1. The van der Waals surface area contributed by atoms with Crippen LogP contribution < -0.4 is 10.0 Å². The Morgan fingerprint density at radius 3 is 2.20 bits per heavy atom. The lowest BCUT2D eigenvalue weighted by Crippen LogP contribution is -3.25. The molecule has 0 spiro atoms. The third kappa shape index (κ3) is 5.46. The van der Waals surface area contributed by atoms with Crippen LogP contribution in [0.4, 0.5) is 5.69 Å². The van der Waals surface area contributed by atoms with E-state index >= 15 is 0 Å². The Kier molecular flexibility index (Phi) is 8.12. The van der Waals surface area contributed by atoms with Crippen molar-refractivity contribution in [3.63, 3.8) is 0 Å². The summed E-state index contributed by atoms with van der Waals surface area (Å²) >= 11 is 0. The number of carboxylic acids is 1. The topological polar surface area (TPSA) is 152 Å². The number of aliphatic imine (C=N–C) groups is 1. The Bertz CT molecular complexity index is 2010. The number of nitrogens with zero attached hydrogens (tertiary/aromatic N) is 3. The number of carbonyl (C=O) groups excluding carboxylic acids is 2. The normalized spacial score (nSPS) is 29.8. The number of nitrogens with one attached hydrogen (secondary N) is 1. The van der Waals surface area contributed by atoms with Gasteiger partial charge in [0.2, 0.25) is 5.70 Å². The maximum Gasteiger partial charge on any atom is 0.391 e. The molecule has 2 bridgehead atoms. The minimum absolute atomic E-state index is 0.0163. The summed E-state index contributed by atoms with van der Waals surface area (Å²) in [6.07, 6.45) is -0.285. The van der Waals surface area contributed by atoms with Crippen molar-refractivity contribution < 1.29 is 48.7 Å². The fraction of sp³-hybridized carbons (Fsp3) is 0.400. The summed E-state index contributed by atoms with van der Waals surface area (Å²) in [5.74, 6) is -2.55. The predicted molar refractivity (Wildman–Crippen MR) is 187 cm³/mol. The number of hydrogen-bond acceptors (Lipinski definition) is 7. The van der Waals surface area contributed by atoms with Crippen LogP contribution in [0.1, 0.15) is 46.5 Å². The van der Waals surface area contributed by atoms with Crippen molar-refractivity contribution in [2.24, 2.45) is 16.8 Å². The molecule has 4 fully saturated rings. The first-order chi connectivity index (χ1) is 24.4. The molecule has 0 radical (unpaired) electrons. The van der Waals surface area contributed by atoms with Crippen LogP contribution in [0.5, 0.6) is 0 Å². The van der Waals surface area contributed by atoms with Crippen LogP contribution >= 0.6 is 0 Å². The maximum atomic E-state index is 13.7. The van der Waals surface area contributed by atoms with Crippen molar-refractivity contribution in [1.29, 1.82) is 0 Å². The summed E-state index contributed by atoms with van der Waals surface area (Å²) in [6, 6.07) is 18.8. The van der Waals surface area contributed by atoms with Crippen molar-refractivity contribution in [2.45, 2.75) is 39.0 Å². The molecule has 1 unspecified atom stereocenters. The molecule has 4 saturated heterocycles. The highest BCUT2D eigenvalue weighted by Gasteiger charge is 2.66. The van der Waals surface area contributed by atoms with Gasteiger partial charge in [0.15, 0.2) is 11.7 Å². The number of amides is 1. The molecule has 3 aromatic carbocycles. The number of quaternary nitrogens is 3. The molecule has 11 heteroatoms. The van der Waals surface area contributed by atoms with Gasteiger partial charge in [0, 0.05) is 40.7 Å². The first-order valence-corrected chi connectivity index (χ1v) is 18.0. The van der Waals surface area contributed by atoms with Gasteiger partial charge in [-0.15, -0.1) is 0 Å². The number of aliphatic carboxylic acids is 1. The van der Waals surface area contributed by atoms with Crippen molar-refractivity contribution >= 4 is 34.8 Å². The average Bonchev–Trinajstić information content (AvgIpc) is 3.53. The zero-order chi connectivity index (χ0) is 35.8. The number of hydrogen-bond donors (Lipinski definition) is 4. The van der Waals surface area contributed by atoms with Crippen LogP contribution in [0.15, 0.2) is 71.4 Å². The molecular weight excluding hydrogens is 648 g/mol. The van der Waals surface area contributed by atoms with E-state index in [1.807, 2.05) is 49.4 Å². The predicted octanol–water partition coefficient (Wildman–Crippen LogP) is 0.920. The number of aliphatic hydroxyl groups is 2. The Labute approximate surface area is 296 Å². The molecule has 264 valence electrons. The molecule has 51 heavy (non-hydrogen) atoms. The third-order valence-electron chi connectivity index (χ3n) is 12.5. The molecule has 9 rings (SSSR count). The fourth-order valence-corrected chi connectivity index (χ4v) is 9.68. The van der Waals surface area contributed by atoms with Crippen molar-refractivity contribution in [2.75, 3.05) is 52.4 Å². The summed E-state index contributed by atoms with van der Waals surface area (Å²) in [4.78, 5) is 43.7. The highest BCUT2D eigenvalue weighted by atomic mass is 16.4. The standard InChI is InChI=1S/C40H42N4O7/c1-23-34(37(40(50)51)42-36(23)35(24(2)46)39(42)49)27-6-10-29-31-19-26(5-9-30(31)38(48)32(29)20-27)21-43-12-15-44(16-13-43,17-14-43)22-33(47)41-28-7-3-25(4-8-28)11-18-45/h3-10,19-20,23-24,35-36,45-46H,11-18,21-22H2,1-2H3/p+2/t23-,24+,35+,36+,43?,44?/m0/s1. The largest absolute Gasteiger partial charge is 0.858 e. The monoisotopic (exact) mass is 692 g/mol. The van der Waals surface area contributed by atoms with Gasteiger partial charge in [0.1, 0.15) is 58.4 Å². The Balaban J connectivity index is 0.983. The third-order valence-corrected chi connectivity index (χ3v) is 12.5. The van der Waals surface area contributed by atoms with Gasteiger partial charge in [-0.05, 0) is 65.9 Å². The lowest BCUT2D eigenvalue weighted by Gasteiger charge is -2.56. The second-order valence-electron chi connectivity index (χ2n) is 15.4. The summed E-state index contributed by atoms with van der Waals surface area (Å²) in [5.41, 5.74) is 6.90. The molecular formula is C40H44N4O7+2. The fourth-order valence-electron chi connectivity index (χ4n) is 9.68. The number of benzene rings is 3. The van der Waals surface area contributed by atoms with E-state index < -0.39 is 18.0 Å². The van der Waals surface area contributed by atoms with Gasteiger partial charge in [0.05, 0.1) is 11.8 Å². The van der Waals surface area contributed by atoms with E-state index in [4.69, 9.17) is 5.11 Å². The zero-order valence-electron chi connectivity index (χ0n) is 29.0. The number of aliphatic hydroxyl groups excluding tert-OH is 2. The van der Waals surface area contributed by atoms with E-state index in [2.05, 4.69) is 17.1 Å². The number of piperazine rings is 3. The van der Waals surface area contributed by atoms with Crippen molar-refractivity contribution in [1.82, 2.24) is 0 Å². The van der Waals surface area contributed by atoms with E-state index in [0.29, 0.717) is 40.9 Å². The smallest absolute Gasteiger partial charge is 0.391 e. The van der Waals surface area contributed by atoms with Crippen LogP contribution in [-0.2, 0) is 22.6 Å². The molecule has 0 aromatic heterocycles. The molecule has 1 amide bonds. The molecule has 1 aliphatic carbocycles. The lowest BCUT2D eigenvalue weighted by molar-refractivity contribution is -1.08. The molecule has 3 aromatic rings. The van der Waals surface area contributed by atoms with E-state index in [-0.39, 0.29) is 46.8 Å². The second kappa shape index (κ2) is 12.3. The van der Waals surface area contributed by atoms with Gasteiger partial charge in [0.25, 0.3) is 0 Å². The summed E-state index contributed by atoms with van der Waals surface area (Å²) in [6.45, 7) is 10.5. The Hall–Kier alpha value is -4.52. The number of carbonyl (C=O) groups is 3. The zero-order valence-corrected chi connectivity index (χ0v) is 29.0. The highest BCUT2D eigenvalue weighted by molar-refractivity contribution is 6.22. The van der Waals surface area contributed by atoms with Gasteiger partial charge in [-0.3, -0.25) is 9.79 Å². The van der Waals surface area contributed by atoms with E-state index in [9.17, 15) is 29.7 Å². The molecule has 11 nitrogen and oxygen atoms in total. The second-order valence-corrected chi connectivity index (χ2v) is 15.4. The van der Waals surface area contributed by atoms with E-state index in [1.165, 1.54) is 0 Å². The average molecular weight is 693 g/mol. The van der Waals surface area contributed by atoms with E-state index in [1.54, 1.807) is 13.0 Å². The van der Waals surface area contributed by atoms with Crippen LogP contribution in [0.3, 0.4) is 0 Å². The molecule has 0 saturated carbocycles. The quantitative estimate of drug-likeness (QED) is 0.0836. The number of carboxylic acid groups (broad SMARTS) is 1. The molecule has 6 aliphatic rings. The first-order valence-electron chi connectivity index (χ1n) is 18.0. The van der Waals surface area contributed by atoms with Gasteiger partial charge in [-0.1, -0.05) is 37.3 Å². The van der Waals surface area contributed by atoms with Crippen LogP contribution in [0, 0.1) is 11.8 Å². The summed E-state index contributed by atoms with van der Waals surface area (Å²) in [5, 5.41) is 42.6. The molecule has 4 N–H and O–H groups in total. The first kappa shape index (κ1) is 33.6. The maximum absolute atomic E-state index is 13.7. The van der Waals surface area contributed by atoms with Crippen molar-refractivity contribution in [3.05, 3.63) is 94.2 Å². The van der Waals surface area contributed by atoms with Crippen LogP contribution in [0.25, 0.3) is 16.7 Å². The van der Waals surface area contributed by atoms with E-state index in [0.717, 1.165) is 77.0 Å². The SMILES string of the molecule is C[C@@H](O)[C@H]1C(=O)[NH+]2C(C(=O)O)=C(c3ccc4c(c3)C(=O)c3ccc(C[N+]56CC[N+](CC([O-])=Nc7ccc(CCO)cc7)(CC5)CC6)cc3-4)[C@H](C)[C@H]12. The lowest BCUT2D eigenvalue weighted by atomic mass is 9.76. The summed E-state index contributed by atoms with van der Waals surface area (Å²) < 4.78 is 1.72. The minimum Gasteiger partial charge on any atom is -0.858 e. The van der Waals surface area contributed by atoms with Crippen LogP contribution in [-0.4, -0.2) is 112 Å². The molecule has 5 heterocycles. The Morgan fingerprint density at radius 2 is 1.55 bits per heavy atom. The van der Waals surface area contributed by atoms with Gasteiger partial charge < -0.3 is 29.4 Å². The minimum atomic E-state index is -1.16. The van der Waals surface area contributed by atoms with Gasteiger partial charge >= 0.3 is 11.9 Å². The van der Waals surface area contributed by atoms with Gasteiger partial charge in [-0.2, -0.15) is 0 Å². The van der Waals surface area contributed by atoms with Crippen molar-refractivity contribution in [3.8, 4) is 11.1 Å². The number of ketones is 1. The number of fused-ring (bicyclic) bond motifs is 7. The highest BCUT2D eigenvalue weighted by Crippen LogP contribution is 2.43.